The molecule has 0 radical (unpaired) electrons. The highest BCUT2D eigenvalue weighted by Gasteiger charge is 2.28. The molecule has 2 rings (SSSR count). The number of aryl methyl sites for hydroxylation is 1. The summed E-state index contributed by atoms with van der Waals surface area (Å²) in [5.41, 5.74) is 0. The van der Waals surface area contributed by atoms with Crippen LogP contribution < -0.4 is 10.6 Å². The fourth-order valence-corrected chi connectivity index (χ4v) is 2.13. The summed E-state index contributed by atoms with van der Waals surface area (Å²) >= 11 is 0. The van der Waals surface area contributed by atoms with Crippen LogP contribution in [0.25, 0.3) is 0 Å². The Morgan fingerprint density at radius 1 is 1.65 bits per heavy atom. The molecule has 1 unspecified atom stereocenters. The van der Waals surface area contributed by atoms with Crippen LogP contribution in [0, 0.1) is 6.92 Å². The number of piperazine rings is 1. The van der Waals surface area contributed by atoms with Crippen LogP contribution in [0.15, 0.2) is 16.5 Å². The van der Waals surface area contributed by atoms with Crippen LogP contribution in [0.1, 0.15) is 11.5 Å². The summed E-state index contributed by atoms with van der Waals surface area (Å²) in [5.74, 6) is 1.88. The Kier molecular flexibility index (Phi) is 3.81. The molecule has 0 saturated carbocycles. The Hall–Kier alpha value is -1.33. The molecule has 1 saturated heterocycles. The normalized spacial score (nSPS) is 21.4. The Balaban J connectivity index is 2.03. The van der Waals surface area contributed by atoms with Gasteiger partial charge in [0.2, 0.25) is 5.91 Å². The summed E-state index contributed by atoms with van der Waals surface area (Å²) < 4.78 is 5.55. The van der Waals surface area contributed by atoms with Crippen LogP contribution >= 0.6 is 0 Å². The first kappa shape index (κ1) is 12.1. The zero-order valence-corrected chi connectivity index (χ0v) is 10.3. The van der Waals surface area contributed by atoms with Gasteiger partial charge in [-0.3, -0.25) is 9.69 Å². The van der Waals surface area contributed by atoms with Gasteiger partial charge in [0.15, 0.2) is 0 Å². The molecule has 0 aromatic carbocycles. The molecule has 0 bridgehead atoms. The molecule has 0 spiro atoms. The smallest absolute Gasteiger partial charge is 0.238 e. The van der Waals surface area contributed by atoms with Gasteiger partial charge in [0.05, 0.1) is 6.54 Å². The van der Waals surface area contributed by atoms with Crippen molar-refractivity contribution in [2.45, 2.75) is 19.5 Å². The summed E-state index contributed by atoms with van der Waals surface area (Å²) in [6.07, 6.45) is 0. The highest BCUT2D eigenvalue weighted by atomic mass is 16.3. The van der Waals surface area contributed by atoms with Crippen LogP contribution in [-0.4, -0.2) is 43.5 Å². The van der Waals surface area contributed by atoms with Gasteiger partial charge >= 0.3 is 0 Å². The van der Waals surface area contributed by atoms with Crippen molar-refractivity contribution in [3.8, 4) is 0 Å². The molecule has 5 nitrogen and oxygen atoms in total. The summed E-state index contributed by atoms with van der Waals surface area (Å²) in [7, 11) is 1.67. The Morgan fingerprint density at radius 2 is 2.47 bits per heavy atom. The van der Waals surface area contributed by atoms with Gasteiger partial charge in [-0.1, -0.05) is 0 Å². The van der Waals surface area contributed by atoms with E-state index in [0.717, 1.165) is 24.6 Å². The van der Waals surface area contributed by atoms with Crippen molar-refractivity contribution in [2.24, 2.45) is 0 Å². The maximum atomic E-state index is 11.7. The average molecular weight is 237 g/mol. The van der Waals surface area contributed by atoms with Crippen molar-refractivity contribution in [3.05, 3.63) is 23.7 Å². The van der Waals surface area contributed by atoms with E-state index in [4.69, 9.17) is 4.42 Å². The number of nitrogens with zero attached hydrogens (tertiary/aromatic N) is 1. The standard InChI is InChI=1S/C12H19N3O2/c1-9-3-4-10(17-9)8-15-6-5-14-7-11(15)12(16)13-2/h3-4,11,14H,5-8H2,1-2H3,(H,13,16). The fourth-order valence-electron chi connectivity index (χ4n) is 2.13. The molecular formula is C12H19N3O2. The van der Waals surface area contributed by atoms with E-state index in [1.165, 1.54) is 0 Å². The van der Waals surface area contributed by atoms with E-state index >= 15 is 0 Å². The maximum absolute atomic E-state index is 11.7. The van der Waals surface area contributed by atoms with E-state index in [0.29, 0.717) is 13.1 Å². The van der Waals surface area contributed by atoms with E-state index in [1.807, 2.05) is 19.1 Å². The zero-order chi connectivity index (χ0) is 12.3. The largest absolute Gasteiger partial charge is 0.465 e. The molecule has 2 heterocycles. The van der Waals surface area contributed by atoms with Gasteiger partial charge < -0.3 is 15.1 Å². The maximum Gasteiger partial charge on any atom is 0.238 e. The highest BCUT2D eigenvalue weighted by molar-refractivity contribution is 5.81. The van der Waals surface area contributed by atoms with Crippen LogP contribution in [-0.2, 0) is 11.3 Å². The minimum absolute atomic E-state index is 0.0560. The number of carbonyl (C=O) groups excluding carboxylic acids is 1. The topological polar surface area (TPSA) is 57.5 Å². The van der Waals surface area contributed by atoms with Gasteiger partial charge in [0, 0.05) is 26.7 Å². The lowest BCUT2D eigenvalue weighted by atomic mass is 10.1. The lowest BCUT2D eigenvalue weighted by molar-refractivity contribution is -0.126. The second-order valence-corrected chi connectivity index (χ2v) is 4.32. The molecule has 94 valence electrons. The lowest BCUT2D eigenvalue weighted by Crippen LogP contribution is -2.56. The molecule has 1 aliphatic heterocycles. The van der Waals surface area contributed by atoms with Gasteiger partial charge in [-0.25, -0.2) is 0 Å². The van der Waals surface area contributed by atoms with Crippen LogP contribution in [0.5, 0.6) is 0 Å². The highest BCUT2D eigenvalue weighted by Crippen LogP contribution is 2.13. The third-order valence-corrected chi connectivity index (χ3v) is 3.06. The summed E-state index contributed by atoms with van der Waals surface area (Å²) in [4.78, 5) is 13.9. The number of nitrogens with one attached hydrogen (secondary N) is 2. The Bertz CT molecular complexity index is 389. The molecule has 1 aromatic heterocycles. The minimum Gasteiger partial charge on any atom is -0.465 e. The SMILES string of the molecule is CNC(=O)C1CNCCN1Cc1ccc(C)o1. The zero-order valence-electron chi connectivity index (χ0n) is 10.3. The number of amides is 1. The predicted molar refractivity (Wildman–Crippen MR) is 64.6 cm³/mol. The number of likely N-dealkylation sites (N-methyl/N-ethyl adjacent to an activating group) is 1. The molecule has 1 aliphatic rings. The average Bonchev–Trinajstić information content (AvgIpc) is 2.74. The molecule has 1 amide bonds. The van der Waals surface area contributed by atoms with Crippen molar-refractivity contribution >= 4 is 5.91 Å². The molecule has 17 heavy (non-hydrogen) atoms. The van der Waals surface area contributed by atoms with Gasteiger partial charge in [0.25, 0.3) is 0 Å². The first-order valence-corrected chi connectivity index (χ1v) is 5.92. The van der Waals surface area contributed by atoms with Gasteiger partial charge in [-0.05, 0) is 19.1 Å². The molecular weight excluding hydrogens is 218 g/mol. The predicted octanol–water partition coefficient (Wildman–Crippen LogP) is 0.108. The second kappa shape index (κ2) is 5.33. The van der Waals surface area contributed by atoms with E-state index < -0.39 is 0 Å². The third kappa shape index (κ3) is 2.87. The van der Waals surface area contributed by atoms with Crippen molar-refractivity contribution in [3.63, 3.8) is 0 Å². The number of hydrogen-bond acceptors (Lipinski definition) is 4. The Morgan fingerprint density at radius 3 is 3.12 bits per heavy atom. The summed E-state index contributed by atoms with van der Waals surface area (Å²) in [6.45, 7) is 5.08. The van der Waals surface area contributed by atoms with Crippen LogP contribution in [0.4, 0.5) is 0 Å². The first-order valence-electron chi connectivity index (χ1n) is 5.92. The first-order chi connectivity index (χ1) is 8.20. The van der Waals surface area contributed by atoms with Crippen molar-refractivity contribution in [1.82, 2.24) is 15.5 Å². The molecule has 2 N–H and O–H groups in total. The van der Waals surface area contributed by atoms with Gasteiger partial charge in [-0.2, -0.15) is 0 Å². The van der Waals surface area contributed by atoms with Gasteiger partial charge in [-0.15, -0.1) is 0 Å². The van der Waals surface area contributed by atoms with Gasteiger partial charge in [0.1, 0.15) is 17.6 Å². The number of furan rings is 1. The molecule has 1 fully saturated rings. The third-order valence-electron chi connectivity index (χ3n) is 3.06. The van der Waals surface area contributed by atoms with E-state index in [9.17, 15) is 4.79 Å². The fraction of sp³-hybridized carbons (Fsp3) is 0.583. The summed E-state index contributed by atoms with van der Waals surface area (Å²) in [5, 5.41) is 5.94. The molecule has 0 aliphatic carbocycles. The molecule has 1 atom stereocenters. The van der Waals surface area contributed by atoms with Crippen molar-refractivity contribution in [2.75, 3.05) is 26.7 Å². The number of carbonyl (C=O) groups is 1. The van der Waals surface area contributed by atoms with E-state index in [-0.39, 0.29) is 11.9 Å². The molecule has 5 heteroatoms. The molecule has 1 aromatic rings. The Labute approximate surface area is 101 Å². The lowest BCUT2D eigenvalue weighted by Gasteiger charge is -2.34. The van der Waals surface area contributed by atoms with Crippen molar-refractivity contribution < 1.29 is 9.21 Å². The van der Waals surface area contributed by atoms with E-state index in [2.05, 4.69) is 15.5 Å². The number of rotatable bonds is 3. The van der Waals surface area contributed by atoms with Crippen LogP contribution in [0.3, 0.4) is 0 Å². The second-order valence-electron chi connectivity index (χ2n) is 4.32. The quantitative estimate of drug-likeness (QED) is 0.783. The monoisotopic (exact) mass is 237 g/mol. The van der Waals surface area contributed by atoms with E-state index in [1.54, 1.807) is 7.05 Å². The van der Waals surface area contributed by atoms with Crippen LogP contribution in [0.2, 0.25) is 0 Å². The minimum atomic E-state index is -0.112. The van der Waals surface area contributed by atoms with Crippen molar-refractivity contribution in [1.29, 1.82) is 0 Å². The summed E-state index contributed by atoms with van der Waals surface area (Å²) in [6, 6.07) is 3.81. The number of hydrogen-bond donors (Lipinski definition) is 2.